The van der Waals surface area contributed by atoms with Crippen LogP contribution < -0.4 is 0 Å². The molecule has 1 aliphatic carbocycles. The number of Topliss-reactive ketones (excluding diaryl/α,β-unsaturated/α-hetero) is 1. The molecule has 6 heteroatoms. The van der Waals surface area contributed by atoms with Gasteiger partial charge < -0.3 is 4.74 Å². The van der Waals surface area contributed by atoms with Gasteiger partial charge in [0.2, 0.25) is 0 Å². The first kappa shape index (κ1) is 16.1. The van der Waals surface area contributed by atoms with E-state index >= 15 is 0 Å². The fourth-order valence-electron chi connectivity index (χ4n) is 2.38. The topological polar surface area (TPSA) is 43.4 Å². The average Bonchev–Trinajstić information content (AvgIpc) is 2.71. The van der Waals surface area contributed by atoms with Crippen LogP contribution in [0.2, 0.25) is 0 Å². The number of benzene rings is 1. The summed E-state index contributed by atoms with van der Waals surface area (Å²) in [6.07, 6.45) is -3.43. The molecule has 2 rings (SSSR count). The quantitative estimate of drug-likeness (QED) is 0.608. The van der Waals surface area contributed by atoms with Crippen LogP contribution in [0.5, 0.6) is 0 Å². The third-order valence-corrected chi connectivity index (χ3v) is 4.15. The Hall–Kier alpha value is -1.30. The number of hydrogen-bond donors (Lipinski definition) is 0. The number of ether oxygens (including phenoxy) is 1. The molecule has 3 nitrogen and oxygen atoms in total. The maximum absolute atomic E-state index is 13.6. The summed E-state index contributed by atoms with van der Waals surface area (Å²) in [5.74, 6) is -2.00. The van der Waals surface area contributed by atoms with Gasteiger partial charge in [0.25, 0.3) is 6.43 Å². The molecule has 0 saturated heterocycles. The summed E-state index contributed by atoms with van der Waals surface area (Å²) < 4.78 is 32.5. The number of halogens is 3. The maximum atomic E-state index is 13.6. The van der Waals surface area contributed by atoms with Crippen LogP contribution in [0.15, 0.2) is 22.7 Å². The zero-order valence-corrected chi connectivity index (χ0v) is 13.2. The molecule has 1 aromatic carbocycles. The molecule has 1 aromatic rings. The molecule has 21 heavy (non-hydrogen) atoms. The van der Waals surface area contributed by atoms with Crippen LogP contribution in [-0.2, 0) is 16.0 Å². The number of hydrogen-bond acceptors (Lipinski definition) is 3. The zero-order valence-electron chi connectivity index (χ0n) is 11.7. The van der Waals surface area contributed by atoms with Gasteiger partial charge in [-0.1, -0.05) is 41.9 Å². The van der Waals surface area contributed by atoms with Crippen molar-refractivity contribution in [2.45, 2.75) is 26.7 Å². The second kappa shape index (κ2) is 5.83. The molecular weight excluding hydrogens is 346 g/mol. The summed E-state index contributed by atoms with van der Waals surface area (Å²) in [5, 5.41) is 0. The lowest BCUT2D eigenvalue weighted by molar-refractivity contribution is -0.161. The predicted molar refractivity (Wildman–Crippen MR) is 76.4 cm³/mol. The van der Waals surface area contributed by atoms with Crippen LogP contribution in [-0.4, -0.2) is 24.8 Å². The molecule has 0 saturated carbocycles. The summed E-state index contributed by atoms with van der Waals surface area (Å²) in [7, 11) is 0. The largest absolute Gasteiger partial charge is 0.464 e. The van der Waals surface area contributed by atoms with Crippen LogP contribution >= 0.6 is 15.9 Å². The normalized spacial score (nSPS) is 21.0. The first-order valence-corrected chi connectivity index (χ1v) is 7.37. The third kappa shape index (κ3) is 2.61. The van der Waals surface area contributed by atoms with Crippen molar-refractivity contribution in [1.82, 2.24) is 0 Å². The standard InChI is InChI=1S/C15H15BrF2O3/c1-8(2)7-21-14(20)15(13(17)18)6-9-4-3-5-10(16)11(9)12(15)19/h3-5,8,13H,6-7H2,1-2H3. The van der Waals surface area contributed by atoms with Crippen molar-refractivity contribution in [1.29, 1.82) is 0 Å². The summed E-state index contributed by atoms with van der Waals surface area (Å²) in [4.78, 5) is 24.6. The van der Waals surface area contributed by atoms with E-state index in [0.29, 0.717) is 10.0 Å². The highest BCUT2D eigenvalue weighted by Gasteiger charge is 2.60. The molecule has 1 atom stereocenters. The first-order chi connectivity index (χ1) is 9.80. The number of carbonyl (C=O) groups excluding carboxylic acids is 2. The summed E-state index contributed by atoms with van der Waals surface area (Å²) in [6, 6.07) is 4.83. The fraction of sp³-hybridized carbons (Fsp3) is 0.467. The van der Waals surface area contributed by atoms with Gasteiger partial charge in [-0.05, 0) is 17.5 Å². The molecule has 0 aromatic heterocycles. The lowest BCUT2D eigenvalue weighted by atomic mass is 9.84. The predicted octanol–water partition coefficient (Wildman–Crippen LogP) is 3.64. The summed E-state index contributed by atoms with van der Waals surface area (Å²) in [6.45, 7) is 3.60. The minimum absolute atomic E-state index is 0.00860. The maximum Gasteiger partial charge on any atom is 0.326 e. The first-order valence-electron chi connectivity index (χ1n) is 6.58. The summed E-state index contributed by atoms with van der Waals surface area (Å²) >= 11 is 3.18. The van der Waals surface area contributed by atoms with Gasteiger partial charge in [0.1, 0.15) is 0 Å². The Morgan fingerprint density at radius 2 is 2.10 bits per heavy atom. The van der Waals surface area contributed by atoms with Gasteiger partial charge >= 0.3 is 5.97 Å². The third-order valence-electron chi connectivity index (χ3n) is 3.49. The van der Waals surface area contributed by atoms with Gasteiger partial charge in [-0.2, -0.15) is 0 Å². The molecule has 0 heterocycles. The molecule has 0 amide bonds. The molecule has 0 fully saturated rings. The number of alkyl halides is 2. The van der Waals surface area contributed by atoms with Crippen molar-refractivity contribution in [3.05, 3.63) is 33.8 Å². The molecule has 1 unspecified atom stereocenters. The van der Waals surface area contributed by atoms with Crippen LogP contribution in [0.3, 0.4) is 0 Å². The highest BCUT2D eigenvalue weighted by Crippen LogP contribution is 2.45. The van der Waals surface area contributed by atoms with Gasteiger partial charge in [0, 0.05) is 16.5 Å². The van der Waals surface area contributed by atoms with E-state index in [1.165, 1.54) is 0 Å². The van der Waals surface area contributed by atoms with Gasteiger partial charge in [-0.25, -0.2) is 8.78 Å². The van der Waals surface area contributed by atoms with Crippen molar-refractivity contribution in [2.24, 2.45) is 11.3 Å². The zero-order chi connectivity index (χ0) is 15.8. The van der Waals surface area contributed by atoms with E-state index in [2.05, 4.69) is 15.9 Å². The van der Waals surface area contributed by atoms with Crippen molar-refractivity contribution >= 4 is 27.7 Å². The second-order valence-corrected chi connectivity index (χ2v) is 6.40. The monoisotopic (exact) mass is 360 g/mol. The molecular formula is C15H15BrF2O3. The Kier molecular flexibility index (Phi) is 4.46. The molecule has 0 aliphatic heterocycles. The molecule has 0 radical (unpaired) electrons. The van der Waals surface area contributed by atoms with E-state index in [9.17, 15) is 18.4 Å². The van der Waals surface area contributed by atoms with Crippen LogP contribution in [0.25, 0.3) is 0 Å². The van der Waals surface area contributed by atoms with E-state index in [-0.39, 0.29) is 24.5 Å². The highest BCUT2D eigenvalue weighted by molar-refractivity contribution is 9.10. The molecule has 0 bridgehead atoms. The number of fused-ring (bicyclic) bond motifs is 1. The van der Waals surface area contributed by atoms with Crippen LogP contribution in [0.4, 0.5) is 8.78 Å². The van der Waals surface area contributed by atoms with E-state index in [4.69, 9.17) is 4.74 Å². The van der Waals surface area contributed by atoms with Crippen molar-refractivity contribution < 1.29 is 23.1 Å². The Balaban J connectivity index is 2.41. The SMILES string of the molecule is CC(C)COC(=O)C1(C(F)F)Cc2cccc(Br)c2C1=O. The van der Waals surface area contributed by atoms with E-state index in [1.54, 1.807) is 32.0 Å². The van der Waals surface area contributed by atoms with Crippen LogP contribution in [0, 0.1) is 11.3 Å². The Labute approximate surface area is 129 Å². The van der Waals surface area contributed by atoms with Crippen molar-refractivity contribution in [2.75, 3.05) is 6.61 Å². The number of esters is 1. The molecule has 114 valence electrons. The van der Waals surface area contributed by atoms with E-state index < -0.39 is 23.6 Å². The Bertz CT molecular complexity index is 586. The molecule has 0 spiro atoms. The van der Waals surface area contributed by atoms with Crippen molar-refractivity contribution in [3.8, 4) is 0 Å². The number of carbonyl (C=O) groups is 2. The number of ketones is 1. The molecule has 1 aliphatic rings. The van der Waals surface area contributed by atoms with Crippen LogP contribution in [0.1, 0.15) is 29.8 Å². The second-order valence-electron chi connectivity index (χ2n) is 5.54. The fourth-order valence-corrected chi connectivity index (χ4v) is 2.96. The highest BCUT2D eigenvalue weighted by atomic mass is 79.9. The number of rotatable bonds is 4. The van der Waals surface area contributed by atoms with Gasteiger partial charge in [-0.15, -0.1) is 0 Å². The van der Waals surface area contributed by atoms with Gasteiger partial charge in [-0.3, -0.25) is 9.59 Å². The van der Waals surface area contributed by atoms with E-state index in [1.807, 2.05) is 0 Å². The molecule has 0 N–H and O–H groups in total. The van der Waals surface area contributed by atoms with Gasteiger partial charge in [0.05, 0.1) is 6.61 Å². The lowest BCUT2D eigenvalue weighted by Gasteiger charge is -2.24. The minimum atomic E-state index is -3.11. The van der Waals surface area contributed by atoms with Gasteiger partial charge in [0.15, 0.2) is 11.2 Å². The Morgan fingerprint density at radius 1 is 1.43 bits per heavy atom. The van der Waals surface area contributed by atoms with Crippen molar-refractivity contribution in [3.63, 3.8) is 0 Å². The Morgan fingerprint density at radius 3 is 2.62 bits per heavy atom. The average molecular weight is 361 g/mol. The summed E-state index contributed by atoms with van der Waals surface area (Å²) in [5.41, 5.74) is -1.82. The smallest absolute Gasteiger partial charge is 0.326 e. The van der Waals surface area contributed by atoms with E-state index in [0.717, 1.165) is 0 Å². The lowest BCUT2D eigenvalue weighted by Crippen LogP contribution is -2.45. The minimum Gasteiger partial charge on any atom is -0.464 e.